The molecule has 2 unspecified atom stereocenters. The Morgan fingerprint density at radius 1 is 1.03 bits per heavy atom. The molecule has 5 nitrogen and oxygen atoms in total. The molecule has 0 aliphatic carbocycles. The Hall–Kier alpha value is -3.08. The number of para-hydroxylation sites is 1. The van der Waals surface area contributed by atoms with Gasteiger partial charge in [0.2, 0.25) is 5.91 Å². The molecule has 4 rings (SSSR count). The van der Waals surface area contributed by atoms with Crippen LogP contribution in [0.1, 0.15) is 73.8 Å². The predicted octanol–water partition coefficient (Wildman–Crippen LogP) is 5.60. The van der Waals surface area contributed by atoms with Gasteiger partial charge in [-0.25, -0.2) is 0 Å². The first-order chi connectivity index (χ1) is 15.8. The molecule has 2 aromatic carbocycles. The molecule has 1 aliphatic heterocycles. The third kappa shape index (κ3) is 4.41. The fraction of sp³-hybridized carbons (Fsp3) is 0.429. The van der Waals surface area contributed by atoms with Crippen LogP contribution in [0.15, 0.2) is 48.5 Å². The van der Waals surface area contributed by atoms with Gasteiger partial charge >= 0.3 is 0 Å². The summed E-state index contributed by atoms with van der Waals surface area (Å²) in [6, 6.07) is 15.2. The van der Waals surface area contributed by atoms with Crippen LogP contribution in [0.4, 0.5) is 0 Å². The summed E-state index contributed by atoms with van der Waals surface area (Å²) in [7, 11) is 0. The van der Waals surface area contributed by atoms with Crippen LogP contribution in [0.3, 0.4) is 0 Å². The summed E-state index contributed by atoms with van der Waals surface area (Å²) < 4.78 is 0. The van der Waals surface area contributed by atoms with Gasteiger partial charge in [-0.1, -0.05) is 64.1 Å². The molecule has 2 heterocycles. The molecule has 0 fully saturated rings. The van der Waals surface area contributed by atoms with Gasteiger partial charge in [-0.05, 0) is 49.3 Å². The highest BCUT2D eigenvalue weighted by atomic mass is 16.2. The van der Waals surface area contributed by atoms with Crippen molar-refractivity contribution >= 4 is 22.7 Å². The SMILES string of the molecule is Cc1[nH]c2ccccc2c1C1c2ccccc2C(=O)N1C(CC(C)C)C(=O)NCCC(C)C. The van der Waals surface area contributed by atoms with Crippen LogP contribution in [0.2, 0.25) is 0 Å². The first-order valence-corrected chi connectivity index (χ1v) is 12.1. The predicted molar refractivity (Wildman–Crippen MR) is 133 cm³/mol. The number of aromatic nitrogens is 1. The number of carbonyl (C=O) groups is 2. The minimum Gasteiger partial charge on any atom is -0.358 e. The van der Waals surface area contributed by atoms with Crippen LogP contribution in [0.5, 0.6) is 0 Å². The smallest absolute Gasteiger partial charge is 0.255 e. The Labute approximate surface area is 196 Å². The van der Waals surface area contributed by atoms with Crippen LogP contribution in [-0.4, -0.2) is 34.3 Å². The van der Waals surface area contributed by atoms with E-state index >= 15 is 0 Å². The number of benzene rings is 2. The number of fused-ring (bicyclic) bond motifs is 2. The van der Waals surface area contributed by atoms with Crippen LogP contribution in [-0.2, 0) is 4.79 Å². The molecule has 5 heteroatoms. The van der Waals surface area contributed by atoms with Crippen molar-refractivity contribution in [2.75, 3.05) is 6.54 Å². The summed E-state index contributed by atoms with van der Waals surface area (Å²) in [6.45, 7) is 11.2. The number of aryl methyl sites for hydroxylation is 1. The van der Waals surface area contributed by atoms with Crippen LogP contribution >= 0.6 is 0 Å². The molecule has 0 radical (unpaired) electrons. The maximum absolute atomic E-state index is 13.8. The fourth-order valence-electron chi connectivity index (χ4n) is 5.00. The van der Waals surface area contributed by atoms with E-state index in [1.54, 1.807) is 0 Å². The zero-order valence-corrected chi connectivity index (χ0v) is 20.3. The summed E-state index contributed by atoms with van der Waals surface area (Å²) in [5, 5.41) is 4.22. The highest BCUT2D eigenvalue weighted by molar-refractivity contribution is 6.03. The summed E-state index contributed by atoms with van der Waals surface area (Å²) in [4.78, 5) is 32.6. The maximum atomic E-state index is 13.8. The van der Waals surface area contributed by atoms with Gasteiger partial charge in [-0.15, -0.1) is 0 Å². The quantitative estimate of drug-likeness (QED) is 0.474. The van der Waals surface area contributed by atoms with Crippen LogP contribution in [0, 0.1) is 18.8 Å². The topological polar surface area (TPSA) is 65.2 Å². The molecule has 2 amide bonds. The van der Waals surface area contributed by atoms with Crippen LogP contribution < -0.4 is 5.32 Å². The number of hydrogen-bond acceptors (Lipinski definition) is 2. The molecule has 0 spiro atoms. The number of carbonyl (C=O) groups excluding carboxylic acids is 2. The fourth-order valence-corrected chi connectivity index (χ4v) is 5.00. The number of nitrogens with one attached hydrogen (secondary N) is 2. The van der Waals surface area contributed by atoms with Crippen molar-refractivity contribution in [1.29, 1.82) is 0 Å². The summed E-state index contributed by atoms with van der Waals surface area (Å²) >= 11 is 0. The van der Waals surface area contributed by atoms with Gasteiger partial charge in [0.1, 0.15) is 6.04 Å². The molecule has 1 aliphatic rings. The van der Waals surface area contributed by atoms with Crippen molar-refractivity contribution in [2.45, 2.75) is 59.5 Å². The van der Waals surface area contributed by atoms with E-state index in [2.05, 4.69) is 57.1 Å². The minimum absolute atomic E-state index is 0.0620. The van der Waals surface area contributed by atoms with Gasteiger partial charge < -0.3 is 15.2 Å². The van der Waals surface area contributed by atoms with Crippen molar-refractivity contribution in [3.8, 4) is 0 Å². The zero-order valence-electron chi connectivity index (χ0n) is 20.3. The van der Waals surface area contributed by atoms with E-state index in [1.807, 2.05) is 41.3 Å². The molecule has 3 aromatic rings. The summed E-state index contributed by atoms with van der Waals surface area (Å²) in [6.07, 6.45) is 1.53. The first-order valence-electron chi connectivity index (χ1n) is 12.1. The Morgan fingerprint density at radius 2 is 1.73 bits per heavy atom. The second kappa shape index (κ2) is 9.42. The first kappa shape index (κ1) is 23.1. The van der Waals surface area contributed by atoms with E-state index in [1.165, 1.54) is 0 Å². The molecule has 0 bridgehead atoms. The molecule has 2 N–H and O–H groups in total. The summed E-state index contributed by atoms with van der Waals surface area (Å²) in [5.74, 6) is 0.651. The van der Waals surface area contributed by atoms with Crippen molar-refractivity contribution in [1.82, 2.24) is 15.2 Å². The van der Waals surface area contributed by atoms with Crippen molar-refractivity contribution in [2.24, 2.45) is 11.8 Å². The Kier molecular flexibility index (Phi) is 6.59. The largest absolute Gasteiger partial charge is 0.358 e. The van der Waals surface area contributed by atoms with E-state index in [9.17, 15) is 9.59 Å². The highest BCUT2D eigenvalue weighted by Gasteiger charge is 2.45. The number of amides is 2. The Balaban J connectivity index is 1.82. The average molecular weight is 446 g/mol. The molecule has 2 atom stereocenters. The normalized spacial score (nSPS) is 16.6. The molecule has 174 valence electrons. The van der Waals surface area contributed by atoms with E-state index in [0.717, 1.165) is 34.1 Å². The van der Waals surface area contributed by atoms with E-state index in [4.69, 9.17) is 0 Å². The molecule has 0 saturated heterocycles. The van der Waals surface area contributed by atoms with Gasteiger partial charge in [0.25, 0.3) is 5.91 Å². The van der Waals surface area contributed by atoms with Crippen molar-refractivity contribution < 1.29 is 9.59 Å². The van der Waals surface area contributed by atoms with Crippen molar-refractivity contribution in [3.63, 3.8) is 0 Å². The number of H-pyrrole nitrogens is 1. The highest BCUT2D eigenvalue weighted by Crippen LogP contribution is 2.44. The lowest BCUT2D eigenvalue weighted by molar-refractivity contribution is -0.126. The second-order valence-electron chi connectivity index (χ2n) is 10.0. The number of nitrogens with zero attached hydrogens (tertiary/aromatic N) is 1. The number of aromatic amines is 1. The Bertz CT molecular complexity index is 1160. The van der Waals surface area contributed by atoms with Gasteiger partial charge in [-0.3, -0.25) is 9.59 Å². The second-order valence-corrected chi connectivity index (χ2v) is 10.0. The van der Waals surface area contributed by atoms with E-state index in [0.29, 0.717) is 24.4 Å². The molecule has 33 heavy (non-hydrogen) atoms. The maximum Gasteiger partial charge on any atom is 0.255 e. The number of hydrogen-bond donors (Lipinski definition) is 2. The van der Waals surface area contributed by atoms with E-state index < -0.39 is 6.04 Å². The minimum atomic E-state index is -0.532. The lowest BCUT2D eigenvalue weighted by Crippen LogP contribution is -2.49. The van der Waals surface area contributed by atoms with Gasteiger partial charge in [0.05, 0.1) is 6.04 Å². The van der Waals surface area contributed by atoms with Crippen molar-refractivity contribution in [3.05, 3.63) is 70.9 Å². The Morgan fingerprint density at radius 3 is 2.45 bits per heavy atom. The van der Waals surface area contributed by atoms with E-state index in [-0.39, 0.29) is 23.8 Å². The standard InChI is InChI=1S/C28H35N3O2/c1-17(2)14-15-29-27(32)24(16-18(3)4)31-26(20-10-6-7-11-21(20)28(31)33)25-19(5)30-23-13-9-8-12-22(23)25/h6-13,17-18,24,26,30H,14-16H2,1-5H3,(H,29,32). The number of rotatable bonds is 8. The molecular weight excluding hydrogens is 410 g/mol. The third-order valence-corrected chi connectivity index (χ3v) is 6.57. The monoisotopic (exact) mass is 445 g/mol. The molecule has 1 aromatic heterocycles. The van der Waals surface area contributed by atoms with Gasteiger partial charge in [0, 0.05) is 34.3 Å². The zero-order chi connectivity index (χ0) is 23.7. The van der Waals surface area contributed by atoms with Gasteiger partial charge in [-0.2, -0.15) is 0 Å². The molecule has 0 saturated carbocycles. The van der Waals surface area contributed by atoms with Crippen LogP contribution in [0.25, 0.3) is 10.9 Å². The lowest BCUT2D eigenvalue weighted by Gasteiger charge is -2.34. The third-order valence-electron chi connectivity index (χ3n) is 6.57. The average Bonchev–Trinajstić information content (AvgIpc) is 3.24. The lowest BCUT2D eigenvalue weighted by atomic mass is 9.93. The summed E-state index contributed by atoms with van der Waals surface area (Å²) in [5.41, 5.74) is 4.81. The molecular formula is C28H35N3O2. The van der Waals surface area contributed by atoms with Gasteiger partial charge in [0.15, 0.2) is 0 Å².